The first kappa shape index (κ1) is 26.5. The number of nitrogens with zero attached hydrogens (tertiary/aromatic N) is 5. The van der Waals surface area contributed by atoms with Gasteiger partial charge in [-0.15, -0.1) is 0 Å². The van der Waals surface area contributed by atoms with Crippen molar-refractivity contribution in [1.82, 2.24) is 24.3 Å². The Hall–Kier alpha value is -3.52. The lowest BCUT2D eigenvalue weighted by atomic mass is 9.98. The molecule has 1 aromatic carbocycles. The van der Waals surface area contributed by atoms with Crippen LogP contribution in [0.5, 0.6) is 0 Å². The standard InChI is InChI=1S/C29H38N6O2/c1-6-8-26(36)34-17-15-33(16-18-34)25(7-2)23-11-9-22(10-12-23)21(5)31-29-30-19-24-13-14-27(37)35(20(3)4)28(24)32-29/h6,8-14,19-21,25H,7,15-18H2,1-5H3,(H,30,31,32)/b8-6+/t21-,25?/m0/s1. The van der Waals surface area contributed by atoms with Gasteiger partial charge in [-0.05, 0) is 57.4 Å². The van der Waals surface area contributed by atoms with Crippen LogP contribution >= 0.6 is 0 Å². The summed E-state index contributed by atoms with van der Waals surface area (Å²) in [5.74, 6) is 0.602. The van der Waals surface area contributed by atoms with Crippen LogP contribution in [0.2, 0.25) is 0 Å². The number of anilines is 1. The SMILES string of the molecule is C/C=C/C(=O)N1CCN(C(CC)c2ccc([C@H](C)Nc3ncc4ccc(=O)n(C(C)C)c4n3)cc2)CC1. The summed E-state index contributed by atoms with van der Waals surface area (Å²) < 4.78 is 1.70. The zero-order valence-corrected chi connectivity index (χ0v) is 22.5. The Kier molecular flexibility index (Phi) is 8.38. The minimum Gasteiger partial charge on any atom is -0.348 e. The summed E-state index contributed by atoms with van der Waals surface area (Å²) in [7, 11) is 0. The van der Waals surface area contributed by atoms with Crippen molar-refractivity contribution in [3.05, 3.63) is 76.2 Å². The van der Waals surface area contributed by atoms with E-state index in [0.29, 0.717) is 17.6 Å². The fourth-order valence-corrected chi connectivity index (χ4v) is 5.10. The molecule has 8 nitrogen and oxygen atoms in total. The third-order valence-electron chi connectivity index (χ3n) is 7.11. The molecule has 4 rings (SSSR count). The predicted octanol–water partition coefficient (Wildman–Crippen LogP) is 4.72. The van der Waals surface area contributed by atoms with Crippen molar-refractivity contribution in [3.63, 3.8) is 0 Å². The van der Waals surface area contributed by atoms with Crippen LogP contribution in [0, 0.1) is 0 Å². The number of benzene rings is 1. The summed E-state index contributed by atoms with van der Waals surface area (Å²) in [5.41, 5.74) is 3.00. The molecule has 3 aromatic rings. The maximum atomic E-state index is 12.4. The molecule has 1 unspecified atom stereocenters. The highest BCUT2D eigenvalue weighted by molar-refractivity contribution is 5.87. The first-order chi connectivity index (χ1) is 17.8. The van der Waals surface area contributed by atoms with Crippen molar-refractivity contribution < 1.29 is 4.79 Å². The van der Waals surface area contributed by atoms with E-state index in [2.05, 4.69) is 58.3 Å². The maximum Gasteiger partial charge on any atom is 0.252 e. The van der Waals surface area contributed by atoms with Gasteiger partial charge in [0.25, 0.3) is 5.56 Å². The fraction of sp³-hybridized carbons (Fsp3) is 0.448. The lowest BCUT2D eigenvalue weighted by Gasteiger charge is -2.39. The zero-order chi connectivity index (χ0) is 26.5. The lowest BCUT2D eigenvalue weighted by Crippen LogP contribution is -2.49. The number of pyridine rings is 1. The Morgan fingerprint density at radius 2 is 1.70 bits per heavy atom. The van der Waals surface area contributed by atoms with Crippen LogP contribution < -0.4 is 10.9 Å². The van der Waals surface area contributed by atoms with E-state index >= 15 is 0 Å². The van der Waals surface area contributed by atoms with E-state index in [0.717, 1.165) is 43.5 Å². The Labute approximate surface area is 219 Å². The number of nitrogens with one attached hydrogen (secondary N) is 1. The first-order valence-electron chi connectivity index (χ1n) is 13.2. The summed E-state index contributed by atoms with van der Waals surface area (Å²) in [6.45, 7) is 13.4. The molecule has 0 saturated carbocycles. The van der Waals surface area contributed by atoms with E-state index in [1.165, 1.54) is 5.56 Å². The van der Waals surface area contributed by atoms with Crippen LogP contribution in [0.25, 0.3) is 11.0 Å². The van der Waals surface area contributed by atoms with Gasteiger partial charge in [0.05, 0.1) is 6.04 Å². The van der Waals surface area contributed by atoms with Gasteiger partial charge in [-0.3, -0.25) is 19.1 Å². The number of aromatic nitrogens is 3. The molecule has 2 atom stereocenters. The molecule has 0 radical (unpaired) electrons. The molecule has 1 saturated heterocycles. The van der Waals surface area contributed by atoms with E-state index < -0.39 is 0 Å². The molecule has 3 heterocycles. The van der Waals surface area contributed by atoms with Crippen molar-refractivity contribution in [1.29, 1.82) is 0 Å². The second kappa shape index (κ2) is 11.7. The van der Waals surface area contributed by atoms with Crippen LogP contribution in [-0.2, 0) is 4.79 Å². The predicted molar refractivity (Wildman–Crippen MR) is 149 cm³/mol. The van der Waals surface area contributed by atoms with E-state index in [1.807, 2.05) is 25.7 Å². The van der Waals surface area contributed by atoms with Crippen molar-refractivity contribution in [2.45, 2.75) is 59.2 Å². The molecule has 2 aromatic heterocycles. The van der Waals surface area contributed by atoms with Crippen molar-refractivity contribution in [2.75, 3.05) is 31.5 Å². The van der Waals surface area contributed by atoms with Gasteiger partial charge in [-0.25, -0.2) is 4.98 Å². The van der Waals surface area contributed by atoms with Gasteiger partial charge in [0.1, 0.15) is 5.65 Å². The molecule has 1 aliphatic rings. The van der Waals surface area contributed by atoms with Crippen LogP contribution in [0.4, 0.5) is 5.95 Å². The van der Waals surface area contributed by atoms with Gasteiger partial charge in [-0.2, -0.15) is 4.98 Å². The summed E-state index contributed by atoms with van der Waals surface area (Å²) in [4.78, 5) is 38.1. The van der Waals surface area contributed by atoms with Gasteiger partial charge in [0, 0.05) is 55.9 Å². The van der Waals surface area contributed by atoms with Crippen molar-refractivity contribution >= 4 is 22.9 Å². The first-order valence-corrected chi connectivity index (χ1v) is 13.2. The zero-order valence-electron chi connectivity index (χ0n) is 22.5. The molecular weight excluding hydrogens is 464 g/mol. The van der Waals surface area contributed by atoms with Crippen LogP contribution in [0.3, 0.4) is 0 Å². The monoisotopic (exact) mass is 502 g/mol. The number of fused-ring (bicyclic) bond motifs is 1. The van der Waals surface area contributed by atoms with Crippen molar-refractivity contribution in [3.8, 4) is 0 Å². The molecule has 1 fully saturated rings. The maximum absolute atomic E-state index is 12.4. The molecule has 37 heavy (non-hydrogen) atoms. The summed E-state index contributed by atoms with van der Waals surface area (Å²) in [5, 5.41) is 4.24. The van der Waals surface area contributed by atoms with Gasteiger partial charge < -0.3 is 10.2 Å². The molecule has 0 bridgehead atoms. The van der Waals surface area contributed by atoms with Crippen molar-refractivity contribution in [2.24, 2.45) is 0 Å². The third-order valence-corrected chi connectivity index (χ3v) is 7.11. The largest absolute Gasteiger partial charge is 0.348 e. The van der Waals surface area contributed by atoms with Crippen LogP contribution in [0.15, 0.2) is 59.5 Å². The van der Waals surface area contributed by atoms with E-state index in [9.17, 15) is 9.59 Å². The second-order valence-corrected chi connectivity index (χ2v) is 9.93. The third kappa shape index (κ3) is 5.91. The second-order valence-electron chi connectivity index (χ2n) is 9.93. The van der Waals surface area contributed by atoms with Crippen LogP contribution in [-0.4, -0.2) is 56.4 Å². The molecule has 0 aliphatic carbocycles. The quantitative estimate of drug-likeness (QED) is 0.449. The summed E-state index contributed by atoms with van der Waals surface area (Å²) >= 11 is 0. The molecule has 196 valence electrons. The number of hydrogen-bond donors (Lipinski definition) is 1. The Morgan fingerprint density at radius 1 is 1.03 bits per heavy atom. The van der Waals surface area contributed by atoms with E-state index in [4.69, 9.17) is 0 Å². The number of piperazine rings is 1. The Balaban J connectivity index is 1.45. The van der Waals surface area contributed by atoms with Gasteiger partial charge in [0.15, 0.2) is 0 Å². The average Bonchev–Trinajstić information content (AvgIpc) is 2.89. The number of amides is 1. The molecule has 1 amide bonds. The van der Waals surface area contributed by atoms with E-state index in [-0.39, 0.29) is 23.6 Å². The minimum absolute atomic E-state index is 0.00399. The number of hydrogen-bond acceptors (Lipinski definition) is 6. The minimum atomic E-state index is -0.0629. The highest BCUT2D eigenvalue weighted by Gasteiger charge is 2.25. The topological polar surface area (TPSA) is 83.4 Å². The summed E-state index contributed by atoms with van der Waals surface area (Å²) in [6.07, 6.45) is 6.22. The molecule has 1 aliphatic heterocycles. The number of allylic oxidation sites excluding steroid dienone is 1. The molecular formula is C29H38N6O2. The van der Waals surface area contributed by atoms with Gasteiger partial charge in [-0.1, -0.05) is 37.3 Å². The van der Waals surface area contributed by atoms with E-state index in [1.54, 1.807) is 35.0 Å². The van der Waals surface area contributed by atoms with Gasteiger partial charge >= 0.3 is 0 Å². The molecule has 1 N–H and O–H groups in total. The van der Waals surface area contributed by atoms with Gasteiger partial charge in [0.2, 0.25) is 11.9 Å². The normalized spacial score (nSPS) is 16.4. The number of carbonyl (C=O) groups is 1. The highest BCUT2D eigenvalue weighted by Crippen LogP contribution is 2.27. The number of rotatable bonds is 8. The smallest absolute Gasteiger partial charge is 0.252 e. The molecule has 0 spiro atoms. The number of carbonyl (C=O) groups excluding carboxylic acids is 1. The van der Waals surface area contributed by atoms with Crippen LogP contribution in [0.1, 0.15) is 70.3 Å². The Morgan fingerprint density at radius 3 is 2.32 bits per heavy atom. The lowest BCUT2D eigenvalue weighted by molar-refractivity contribution is -0.128. The summed E-state index contributed by atoms with van der Waals surface area (Å²) in [6, 6.07) is 12.4. The highest BCUT2D eigenvalue weighted by atomic mass is 16.2. The molecule has 8 heteroatoms. The average molecular weight is 503 g/mol. The fourth-order valence-electron chi connectivity index (χ4n) is 5.10. The Bertz CT molecular complexity index is 1310.